The van der Waals surface area contributed by atoms with Gasteiger partial charge < -0.3 is 5.32 Å². The minimum atomic E-state index is 0.562. The second kappa shape index (κ2) is 2.44. The highest BCUT2D eigenvalue weighted by atomic mass is 15.0. The van der Waals surface area contributed by atoms with Gasteiger partial charge in [-0.2, -0.15) is 0 Å². The number of rotatable bonds is 1. The molecule has 14 heavy (non-hydrogen) atoms. The highest BCUT2D eigenvalue weighted by Gasteiger charge is 2.81. The van der Waals surface area contributed by atoms with Gasteiger partial charge >= 0.3 is 0 Å². The van der Waals surface area contributed by atoms with Crippen molar-refractivity contribution in [1.82, 2.24) is 5.32 Å². The summed E-state index contributed by atoms with van der Waals surface area (Å²) in [5.41, 5.74) is 1.27. The first-order chi connectivity index (χ1) is 6.66. The zero-order valence-corrected chi connectivity index (χ0v) is 9.51. The Balaban J connectivity index is 1.92. The molecule has 0 aromatic rings. The molecular formula is C13H21N. The van der Waals surface area contributed by atoms with Crippen LogP contribution in [0.2, 0.25) is 0 Å². The zero-order chi connectivity index (χ0) is 9.97. The summed E-state index contributed by atoms with van der Waals surface area (Å²) in [6.07, 6.45) is 8.97. The van der Waals surface area contributed by atoms with E-state index in [-0.39, 0.29) is 0 Å². The van der Waals surface area contributed by atoms with Crippen molar-refractivity contribution in [3.8, 4) is 0 Å². The van der Waals surface area contributed by atoms with Crippen LogP contribution in [0.5, 0.6) is 0 Å². The van der Waals surface area contributed by atoms with Crippen molar-refractivity contribution in [3.63, 3.8) is 0 Å². The largest absolute Gasteiger partial charge is 0.317 e. The van der Waals surface area contributed by atoms with Crippen molar-refractivity contribution >= 4 is 0 Å². The predicted molar refractivity (Wildman–Crippen MR) is 59.0 cm³/mol. The molecule has 3 aliphatic carbocycles. The van der Waals surface area contributed by atoms with Crippen LogP contribution in [0.4, 0.5) is 0 Å². The average Bonchev–Trinajstić information content (AvgIpc) is 2.91. The van der Waals surface area contributed by atoms with E-state index in [1.54, 1.807) is 0 Å². The molecule has 1 nitrogen and oxygen atoms in total. The lowest BCUT2D eigenvalue weighted by Gasteiger charge is -2.18. The third kappa shape index (κ3) is 0.809. The molecule has 1 N–H and O–H groups in total. The van der Waals surface area contributed by atoms with Crippen LogP contribution in [0.1, 0.15) is 33.1 Å². The van der Waals surface area contributed by atoms with Crippen molar-refractivity contribution in [2.45, 2.75) is 39.2 Å². The van der Waals surface area contributed by atoms with Crippen LogP contribution in [0.15, 0.2) is 12.2 Å². The van der Waals surface area contributed by atoms with E-state index in [9.17, 15) is 0 Å². The van der Waals surface area contributed by atoms with Gasteiger partial charge in [-0.25, -0.2) is 0 Å². The lowest BCUT2D eigenvalue weighted by atomic mass is 9.95. The van der Waals surface area contributed by atoms with Crippen molar-refractivity contribution in [2.75, 3.05) is 7.05 Å². The fraction of sp³-hybridized carbons (Fsp3) is 0.846. The molecule has 3 unspecified atom stereocenters. The average molecular weight is 191 g/mol. The van der Waals surface area contributed by atoms with Gasteiger partial charge in [-0.05, 0) is 49.0 Å². The van der Waals surface area contributed by atoms with Gasteiger partial charge in [-0.1, -0.05) is 26.0 Å². The van der Waals surface area contributed by atoms with E-state index >= 15 is 0 Å². The normalized spacial score (nSPS) is 61.8. The lowest BCUT2D eigenvalue weighted by molar-refractivity contribution is 0.413. The summed E-state index contributed by atoms with van der Waals surface area (Å²) >= 11 is 0. The van der Waals surface area contributed by atoms with Crippen LogP contribution in [-0.2, 0) is 0 Å². The Labute approximate surface area is 87.0 Å². The van der Waals surface area contributed by atoms with E-state index in [4.69, 9.17) is 0 Å². The van der Waals surface area contributed by atoms with Gasteiger partial charge in [0.1, 0.15) is 0 Å². The topological polar surface area (TPSA) is 12.0 Å². The summed E-state index contributed by atoms with van der Waals surface area (Å²) in [7, 11) is 2.13. The van der Waals surface area contributed by atoms with E-state index in [2.05, 4.69) is 38.4 Å². The Hall–Kier alpha value is -0.300. The van der Waals surface area contributed by atoms with Crippen LogP contribution < -0.4 is 5.32 Å². The highest BCUT2D eigenvalue weighted by Crippen LogP contribution is 2.86. The number of hydrogen-bond donors (Lipinski definition) is 1. The molecular weight excluding hydrogens is 170 g/mol. The first-order valence-electron chi connectivity index (χ1n) is 6.01. The number of allylic oxidation sites excluding steroid dienone is 2. The summed E-state index contributed by atoms with van der Waals surface area (Å²) in [5, 5.41) is 3.53. The molecule has 0 aliphatic heterocycles. The van der Waals surface area contributed by atoms with Gasteiger partial charge in [0.05, 0.1) is 0 Å². The summed E-state index contributed by atoms with van der Waals surface area (Å²) in [5.74, 6) is 1.91. The molecule has 0 radical (unpaired) electrons. The molecule has 0 aromatic heterocycles. The van der Waals surface area contributed by atoms with Gasteiger partial charge in [0.25, 0.3) is 0 Å². The molecule has 3 aliphatic rings. The fourth-order valence-electron chi connectivity index (χ4n) is 4.45. The summed E-state index contributed by atoms with van der Waals surface area (Å²) in [6.45, 7) is 4.91. The SMILES string of the molecule is CNC1CC/C=C\[C@@]2(C)CC23C1[C@H]3C. The molecule has 0 amide bonds. The summed E-state index contributed by atoms with van der Waals surface area (Å²) in [6, 6.07) is 0.775. The zero-order valence-electron chi connectivity index (χ0n) is 9.51. The van der Waals surface area contributed by atoms with Crippen molar-refractivity contribution in [2.24, 2.45) is 22.7 Å². The van der Waals surface area contributed by atoms with Gasteiger partial charge in [-0.15, -0.1) is 0 Å². The second-order valence-corrected chi connectivity index (χ2v) is 5.82. The van der Waals surface area contributed by atoms with E-state index in [1.165, 1.54) is 19.3 Å². The van der Waals surface area contributed by atoms with E-state index in [1.807, 2.05) is 0 Å². The maximum atomic E-state index is 3.53. The first-order valence-corrected chi connectivity index (χ1v) is 6.01. The third-order valence-corrected chi connectivity index (χ3v) is 5.37. The highest BCUT2D eigenvalue weighted by molar-refractivity contribution is 5.36. The molecule has 0 aromatic carbocycles. The smallest absolute Gasteiger partial charge is 0.0104 e. The molecule has 5 atom stereocenters. The maximum Gasteiger partial charge on any atom is 0.0104 e. The molecule has 0 bridgehead atoms. The number of nitrogens with one attached hydrogen (secondary N) is 1. The van der Waals surface area contributed by atoms with Crippen LogP contribution in [0.3, 0.4) is 0 Å². The predicted octanol–water partition coefficient (Wildman–Crippen LogP) is 2.59. The van der Waals surface area contributed by atoms with Gasteiger partial charge in [-0.3, -0.25) is 0 Å². The maximum absolute atomic E-state index is 3.53. The molecule has 0 heterocycles. The van der Waals surface area contributed by atoms with Crippen LogP contribution in [-0.4, -0.2) is 13.1 Å². The fourth-order valence-corrected chi connectivity index (χ4v) is 4.45. The van der Waals surface area contributed by atoms with E-state index in [0.717, 1.165) is 17.9 Å². The van der Waals surface area contributed by atoms with Crippen LogP contribution >= 0.6 is 0 Å². The molecule has 3 rings (SSSR count). The first kappa shape index (κ1) is 8.96. The van der Waals surface area contributed by atoms with Crippen molar-refractivity contribution in [3.05, 3.63) is 12.2 Å². The molecule has 2 saturated carbocycles. The molecule has 2 fully saturated rings. The van der Waals surface area contributed by atoms with Gasteiger partial charge in [0.2, 0.25) is 0 Å². The van der Waals surface area contributed by atoms with Crippen molar-refractivity contribution in [1.29, 1.82) is 0 Å². The van der Waals surface area contributed by atoms with E-state index in [0.29, 0.717) is 10.8 Å². The number of hydrogen-bond acceptors (Lipinski definition) is 1. The van der Waals surface area contributed by atoms with Gasteiger partial charge in [0.15, 0.2) is 0 Å². The Bertz CT molecular complexity index is 296. The van der Waals surface area contributed by atoms with Crippen LogP contribution in [0, 0.1) is 22.7 Å². The molecule has 0 saturated heterocycles. The second-order valence-electron chi connectivity index (χ2n) is 5.82. The Morgan fingerprint density at radius 3 is 2.93 bits per heavy atom. The summed E-state index contributed by atoms with van der Waals surface area (Å²) in [4.78, 5) is 0. The Morgan fingerprint density at radius 2 is 2.21 bits per heavy atom. The standard InChI is InChI=1S/C13H21N/c1-9-11-10(14-3)6-4-5-7-12(2)8-13(9,11)12/h5,7,9-11,14H,4,6,8H2,1-3H3/b7-5-/t9-,10?,11?,12+,13?/m1/s1. The monoisotopic (exact) mass is 191 g/mol. The Morgan fingerprint density at radius 1 is 1.43 bits per heavy atom. The summed E-state index contributed by atoms with van der Waals surface area (Å²) < 4.78 is 0. The van der Waals surface area contributed by atoms with Gasteiger partial charge in [0, 0.05) is 6.04 Å². The van der Waals surface area contributed by atoms with Crippen molar-refractivity contribution < 1.29 is 0 Å². The minimum absolute atomic E-state index is 0.562. The lowest BCUT2D eigenvalue weighted by Crippen LogP contribution is -2.29. The quantitative estimate of drug-likeness (QED) is 0.628. The van der Waals surface area contributed by atoms with Crippen LogP contribution in [0.25, 0.3) is 0 Å². The molecule has 1 heteroatoms. The van der Waals surface area contributed by atoms with E-state index < -0.39 is 0 Å². The molecule has 78 valence electrons. The third-order valence-electron chi connectivity index (χ3n) is 5.37. The Kier molecular flexibility index (Phi) is 1.56. The minimum Gasteiger partial charge on any atom is -0.317 e. The molecule has 1 spiro atoms.